The Morgan fingerprint density at radius 2 is 1.92 bits per heavy atom. The number of nitrogens with one attached hydrogen (secondary N) is 1. The Labute approximate surface area is 155 Å². The molecule has 6 heteroatoms. The van der Waals surface area contributed by atoms with E-state index in [1.807, 2.05) is 31.4 Å². The molecule has 0 unspecified atom stereocenters. The molecule has 6 nitrogen and oxygen atoms in total. The van der Waals surface area contributed by atoms with E-state index >= 15 is 0 Å². The lowest BCUT2D eigenvalue weighted by molar-refractivity contribution is 0.373. The van der Waals surface area contributed by atoms with Crippen molar-refractivity contribution < 1.29 is 4.74 Å². The molecule has 1 saturated heterocycles. The van der Waals surface area contributed by atoms with Gasteiger partial charge in [0.2, 0.25) is 0 Å². The van der Waals surface area contributed by atoms with Gasteiger partial charge in [-0.25, -0.2) is 0 Å². The van der Waals surface area contributed by atoms with E-state index in [2.05, 4.69) is 43.3 Å². The predicted molar refractivity (Wildman–Crippen MR) is 106 cm³/mol. The van der Waals surface area contributed by atoms with Crippen LogP contribution in [0.25, 0.3) is 0 Å². The SMILES string of the molecule is CN=C(NCCc1cccnc1)N1CCN(c2ccc(OC)cc2)CC1. The van der Waals surface area contributed by atoms with E-state index in [1.165, 1.54) is 11.3 Å². The summed E-state index contributed by atoms with van der Waals surface area (Å²) in [6.07, 6.45) is 4.66. The topological polar surface area (TPSA) is 53.0 Å². The molecule has 0 amide bonds. The van der Waals surface area contributed by atoms with Crippen molar-refractivity contribution in [3.8, 4) is 5.75 Å². The quantitative estimate of drug-likeness (QED) is 0.658. The molecule has 0 bridgehead atoms. The Hall–Kier alpha value is -2.76. The van der Waals surface area contributed by atoms with Crippen molar-refractivity contribution in [3.05, 3.63) is 54.4 Å². The van der Waals surface area contributed by atoms with Crippen molar-refractivity contribution in [2.45, 2.75) is 6.42 Å². The summed E-state index contributed by atoms with van der Waals surface area (Å²) >= 11 is 0. The summed E-state index contributed by atoms with van der Waals surface area (Å²) in [5, 5.41) is 3.47. The van der Waals surface area contributed by atoms with Crippen molar-refractivity contribution in [2.24, 2.45) is 4.99 Å². The van der Waals surface area contributed by atoms with Crippen molar-refractivity contribution in [1.29, 1.82) is 0 Å². The Morgan fingerprint density at radius 1 is 1.15 bits per heavy atom. The van der Waals surface area contributed by atoms with Gasteiger partial charge in [-0.15, -0.1) is 0 Å². The van der Waals surface area contributed by atoms with Crippen LogP contribution >= 0.6 is 0 Å². The molecule has 0 aliphatic carbocycles. The first-order valence-electron chi connectivity index (χ1n) is 9.03. The van der Waals surface area contributed by atoms with E-state index < -0.39 is 0 Å². The first-order valence-corrected chi connectivity index (χ1v) is 9.03. The molecule has 3 rings (SSSR count). The first kappa shape index (κ1) is 18.0. The smallest absolute Gasteiger partial charge is 0.193 e. The zero-order valence-corrected chi connectivity index (χ0v) is 15.6. The number of benzene rings is 1. The van der Waals surface area contributed by atoms with Gasteiger partial charge in [0.25, 0.3) is 0 Å². The third-order valence-electron chi connectivity index (χ3n) is 4.65. The van der Waals surface area contributed by atoms with Gasteiger partial charge < -0.3 is 19.9 Å². The summed E-state index contributed by atoms with van der Waals surface area (Å²) in [6.45, 7) is 4.74. The van der Waals surface area contributed by atoms with E-state index in [0.717, 1.165) is 50.9 Å². The molecule has 1 aromatic heterocycles. The molecular weight excluding hydrogens is 326 g/mol. The van der Waals surface area contributed by atoms with Gasteiger partial charge in [0.1, 0.15) is 5.75 Å². The molecule has 1 aliphatic heterocycles. The van der Waals surface area contributed by atoms with Crippen LogP contribution in [0.5, 0.6) is 5.75 Å². The zero-order valence-electron chi connectivity index (χ0n) is 15.6. The number of ether oxygens (including phenoxy) is 1. The normalized spacial score (nSPS) is 15.1. The highest BCUT2D eigenvalue weighted by atomic mass is 16.5. The van der Waals surface area contributed by atoms with Gasteiger partial charge in [0.15, 0.2) is 5.96 Å². The number of pyridine rings is 1. The average molecular weight is 353 g/mol. The maximum Gasteiger partial charge on any atom is 0.193 e. The van der Waals surface area contributed by atoms with Gasteiger partial charge in [-0.1, -0.05) is 6.07 Å². The summed E-state index contributed by atoms with van der Waals surface area (Å²) in [5.74, 6) is 1.87. The molecule has 0 saturated carbocycles. The maximum absolute atomic E-state index is 5.23. The van der Waals surface area contributed by atoms with Crippen LogP contribution in [-0.4, -0.2) is 62.7 Å². The van der Waals surface area contributed by atoms with Gasteiger partial charge in [-0.2, -0.15) is 0 Å². The Balaban J connectivity index is 1.47. The number of aromatic nitrogens is 1. The van der Waals surface area contributed by atoms with E-state index in [9.17, 15) is 0 Å². The van der Waals surface area contributed by atoms with E-state index in [-0.39, 0.29) is 0 Å². The monoisotopic (exact) mass is 353 g/mol. The fraction of sp³-hybridized carbons (Fsp3) is 0.400. The van der Waals surface area contributed by atoms with Gasteiger partial charge in [0.05, 0.1) is 7.11 Å². The molecule has 1 fully saturated rings. The molecule has 1 N–H and O–H groups in total. The second kappa shape index (κ2) is 9.08. The number of hydrogen-bond donors (Lipinski definition) is 1. The van der Waals surface area contributed by atoms with E-state index in [4.69, 9.17) is 4.74 Å². The highest BCUT2D eigenvalue weighted by Gasteiger charge is 2.19. The first-order chi connectivity index (χ1) is 12.8. The largest absolute Gasteiger partial charge is 0.497 e. The van der Waals surface area contributed by atoms with Crippen LogP contribution in [-0.2, 0) is 6.42 Å². The fourth-order valence-corrected chi connectivity index (χ4v) is 3.17. The molecular formula is C20H27N5O. The molecule has 0 spiro atoms. The van der Waals surface area contributed by atoms with Gasteiger partial charge in [0, 0.05) is 57.9 Å². The molecule has 138 valence electrons. The van der Waals surface area contributed by atoms with Crippen LogP contribution in [0.4, 0.5) is 5.69 Å². The number of rotatable bonds is 5. The second-order valence-electron chi connectivity index (χ2n) is 6.26. The van der Waals surface area contributed by atoms with Crippen LogP contribution in [0.1, 0.15) is 5.56 Å². The second-order valence-corrected chi connectivity index (χ2v) is 6.26. The lowest BCUT2D eigenvalue weighted by atomic mass is 10.2. The highest BCUT2D eigenvalue weighted by Crippen LogP contribution is 2.20. The van der Waals surface area contributed by atoms with Crippen molar-refractivity contribution >= 4 is 11.6 Å². The Kier molecular flexibility index (Phi) is 6.30. The van der Waals surface area contributed by atoms with Crippen molar-refractivity contribution in [1.82, 2.24) is 15.2 Å². The molecule has 0 radical (unpaired) electrons. The molecule has 2 aromatic rings. The third-order valence-corrected chi connectivity index (χ3v) is 4.65. The molecule has 1 aromatic carbocycles. The number of hydrogen-bond acceptors (Lipinski definition) is 4. The summed E-state index contributed by atoms with van der Waals surface area (Å²) in [6, 6.07) is 12.3. The van der Waals surface area contributed by atoms with Crippen LogP contribution in [0.2, 0.25) is 0 Å². The minimum atomic E-state index is 0.858. The number of anilines is 1. The summed E-state index contributed by atoms with van der Waals surface area (Å²) in [5.41, 5.74) is 2.48. The van der Waals surface area contributed by atoms with Gasteiger partial charge in [-0.3, -0.25) is 9.98 Å². The van der Waals surface area contributed by atoms with Gasteiger partial charge >= 0.3 is 0 Å². The minimum Gasteiger partial charge on any atom is -0.497 e. The lowest BCUT2D eigenvalue weighted by Crippen LogP contribution is -2.52. The van der Waals surface area contributed by atoms with Crippen molar-refractivity contribution in [2.75, 3.05) is 51.8 Å². The van der Waals surface area contributed by atoms with Crippen molar-refractivity contribution in [3.63, 3.8) is 0 Å². The van der Waals surface area contributed by atoms with E-state index in [0.29, 0.717) is 0 Å². The van der Waals surface area contributed by atoms with Crippen LogP contribution in [0.3, 0.4) is 0 Å². The van der Waals surface area contributed by atoms with Crippen LogP contribution in [0, 0.1) is 0 Å². The molecule has 26 heavy (non-hydrogen) atoms. The summed E-state index contributed by atoms with van der Waals surface area (Å²) in [7, 11) is 3.54. The van der Waals surface area contributed by atoms with Gasteiger partial charge in [-0.05, 0) is 42.3 Å². The minimum absolute atomic E-state index is 0.858. The van der Waals surface area contributed by atoms with Crippen LogP contribution < -0.4 is 15.0 Å². The highest BCUT2D eigenvalue weighted by molar-refractivity contribution is 5.80. The lowest BCUT2D eigenvalue weighted by Gasteiger charge is -2.37. The number of piperazine rings is 1. The Bertz CT molecular complexity index is 694. The zero-order chi connectivity index (χ0) is 18.2. The number of aliphatic imine (C=N–C) groups is 1. The standard InChI is InChI=1S/C20H27N5O/c1-21-20(23-11-9-17-4-3-10-22-16-17)25-14-12-24(13-15-25)18-5-7-19(26-2)8-6-18/h3-8,10,16H,9,11-15H2,1-2H3,(H,21,23). The van der Waals surface area contributed by atoms with E-state index in [1.54, 1.807) is 13.3 Å². The maximum atomic E-state index is 5.23. The third kappa shape index (κ3) is 4.65. The fourth-order valence-electron chi connectivity index (χ4n) is 3.17. The number of methoxy groups -OCH3 is 1. The molecule has 1 aliphatic rings. The Morgan fingerprint density at radius 3 is 2.54 bits per heavy atom. The molecule has 2 heterocycles. The summed E-state index contributed by atoms with van der Waals surface area (Å²) in [4.78, 5) is 13.3. The predicted octanol–water partition coefficient (Wildman–Crippen LogP) is 2.03. The number of nitrogens with zero attached hydrogens (tertiary/aromatic N) is 4. The summed E-state index contributed by atoms with van der Waals surface area (Å²) < 4.78 is 5.23. The number of guanidine groups is 1. The molecule has 0 atom stereocenters. The van der Waals surface area contributed by atoms with Crippen LogP contribution in [0.15, 0.2) is 53.8 Å². The average Bonchev–Trinajstić information content (AvgIpc) is 2.72.